The Bertz CT molecular complexity index is 870. The molecule has 1 amide bonds. The molecule has 27 heavy (non-hydrogen) atoms. The second-order valence-corrected chi connectivity index (χ2v) is 9.01. The number of amides is 1. The Balaban J connectivity index is 1.67. The topological polar surface area (TPSA) is 66.5 Å². The standard InChI is InChI=1S/C20H23ClN2O3S/c21-17-9-11-19(12-10-17)27(25,26)23-13-5-4-8-18(23)14-20(24)22-15-16-6-2-1-3-7-16/h1-3,6-7,9-12,18H,4-5,8,13-15H2,(H,22,24)/t18-/m1/s1. The first-order valence-corrected chi connectivity index (χ1v) is 10.9. The van der Waals surface area contributed by atoms with E-state index in [4.69, 9.17) is 11.6 Å². The van der Waals surface area contributed by atoms with Gasteiger partial charge in [-0.15, -0.1) is 0 Å². The lowest BCUT2D eigenvalue weighted by molar-refractivity contribution is -0.122. The molecule has 7 heteroatoms. The summed E-state index contributed by atoms with van der Waals surface area (Å²) in [6.45, 7) is 0.873. The van der Waals surface area contributed by atoms with Gasteiger partial charge in [-0.25, -0.2) is 8.42 Å². The molecule has 1 saturated heterocycles. The molecule has 0 unspecified atom stereocenters. The van der Waals surface area contributed by atoms with E-state index in [1.807, 2.05) is 30.3 Å². The van der Waals surface area contributed by atoms with E-state index in [-0.39, 0.29) is 23.3 Å². The van der Waals surface area contributed by atoms with Crippen LogP contribution in [0.15, 0.2) is 59.5 Å². The summed E-state index contributed by atoms with van der Waals surface area (Å²) in [5.74, 6) is -0.137. The van der Waals surface area contributed by atoms with Gasteiger partial charge in [0.1, 0.15) is 0 Å². The van der Waals surface area contributed by atoms with Crippen molar-refractivity contribution < 1.29 is 13.2 Å². The number of rotatable bonds is 6. The average molecular weight is 407 g/mol. The van der Waals surface area contributed by atoms with Crippen LogP contribution >= 0.6 is 11.6 Å². The van der Waals surface area contributed by atoms with Crippen LogP contribution in [0.2, 0.25) is 5.02 Å². The Hall–Kier alpha value is -1.89. The van der Waals surface area contributed by atoms with Gasteiger partial charge >= 0.3 is 0 Å². The summed E-state index contributed by atoms with van der Waals surface area (Å²) in [5.41, 5.74) is 1.01. The lowest BCUT2D eigenvalue weighted by Gasteiger charge is -2.34. The Morgan fingerprint density at radius 1 is 1.07 bits per heavy atom. The molecule has 0 aromatic heterocycles. The third kappa shape index (κ3) is 5.09. The van der Waals surface area contributed by atoms with E-state index in [0.29, 0.717) is 24.5 Å². The highest BCUT2D eigenvalue weighted by Gasteiger charge is 2.34. The normalized spacial score (nSPS) is 18.2. The van der Waals surface area contributed by atoms with Gasteiger partial charge < -0.3 is 5.32 Å². The van der Waals surface area contributed by atoms with Crippen molar-refractivity contribution in [3.63, 3.8) is 0 Å². The monoisotopic (exact) mass is 406 g/mol. The molecule has 1 aliphatic rings. The fraction of sp³-hybridized carbons (Fsp3) is 0.350. The number of nitrogens with one attached hydrogen (secondary N) is 1. The van der Waals surface area contributed by atoms with Crippen LogP contribution in [-0.4, -0.2) is 31.2 Å². The SMILES string of the molecule is O=C(C[C@H]1CCCCN1S(=O)(=O)c1ccc(Cl)cc1)NCc1ccccc1. The number of carbonyl (C=O) groups is 1. The first-order chi connectivity index (χ1) is 13.0. The van der Waals surface area contributed by atoms with Crippen LogP contribution in [0.4, 0.5) is 0 Å². The molecule has 0 aliphatic carbocycles. The molecule has 3 rings (SSSR count). The lowest BCUT2D eigenvalue weighted by atomic mass is 10.0. The molecule has 144 valence electrons. The molecule has 1 fully saturated rings. The van der Waals surface area contributed by atoms with Gasteiger partial charge in [-0.1, -0.05) is 48.4 Å². The molecule has 0 spiro atoms. The number of hydrogen-bond donors (Lipinski definition) is 1. The summed E-state index contributed by atoms with van der Waals surface area (Å²) in [7, 11) is -3.65. The summed E-state index contributed by atoms with van der Waals surface area (Å²) in [6, 6.07) is 15.5. The second kappa shape index (κ2) is 8.87. The van der Waals surface area contributed by atoms with Crippen LogP contribution in [0.3, 0.4) is 0 Å². The van der Waals surface area contributed by atoms with Gasteiger partial charge in [-0.2, -0.15) is 4.31 Å². The van der Waals surface area contributed by atoms with Crippen molar-refractivity contribution in [1.29, 1.82) is 0 Å². The molecule has 0 radical (unpaired) electrons. The molecular weight excluding hydrogens is 384 g/mol. The summed E-state index contributed by atoms with van der Waals surface area (Å²) in [6.07, 6.45) is 2.57. The predicted octanol–water partition coefficient (Wildman–Crippen LogP) is 3.59. The van der Waals surface area contributed by atoms with Crippen molar-refractivity contribution in [2.24, 2.45) is 0 Å². The zero-order valence-electron chi connectivity index (χ0n) is 15.0. The van der Waals surface area contributed by atoms with Crippen LogP contribution in [0.5, 0.6) is 0 Å². The van der Waals surface area contributed by atoms with E-state index in [9.17, 15) is 13.2 Å². The maximum atomic E-state index is 13.0. The van der Waals surface area contributed by atoms with Gasteiger partial charge in [-0.3, -0.25) is 4.79 Å². The van der Waals surface area contributed by atoms with Crippen molar-refractivity contribution in [3.8, 4) is 0 Å². The third-order valence-electron chi connectivity index (χ3n) is 4.75. The third-order valence-corrected chi connectivity index (χ3v) is 6.96. The Kier molecular flexibility index (Phi) is 6.52. The summed E-state index contributed by atoms with van der Waals surface area (Å²) in [5, 5.41) is 3.38. The van der Waals surface area contributed by atoms with Gasteiger partial charge in [0.25, 0.3) is 0 Å². The minimum absolute atomic E-state index is 0.137. The molecule has 2 aromatic rings. The van der Waals surface area contributed by atoms with Gasteiger partial charge in [0, 0.05) is 30.6 Å². The van der Waals surface area contributed by atoms with Crippen LogP contribution in [0.25, 0.3) is 0 Å². The van der Waals surface area contributed by atoms with Gasteiger partial charge in [0.05, 0.1) is 4.90 Å². The quantitative estimate of drug-likeness (QED) is 0.797. The number of piperidine rings is 1. The van der Waals surface area contributed by atoms with Gasteiger partial charge in [0.2, 0.25) is 15.9 Å². The molecule has 1 atom stereocenters. The maximum Gasteiger partial charge on any atom is 0.243 e. The van der Waals surface area contributed by atoms with E-state index in [0.717, 1.165) is 18.4 Å². The highest BCUT2D eigenvalue weighted by Crippen LogP contribution is 2.27. The Labute approximate surface area is 165 Å². The first kappa shape index (κ1) is 19.9. The van der Waals surface area contributed by atoms with E-state index >= 15 is 0 Å². The highest BCUT2D eigenvalue weighted by atomic mass is 35.5. The first-order valence-electron chi connectivity index (χ1n) is 9.05. The minimum atomic E-state index is -3.65. The van der Waals surface area contributed by atoms with Crippen molar-refractivity contribution in [3.05, 3.63) is 65.2 Å². The van der Waals surface area contributed by atoms with Crippen molar-refractivity contribution >= 4 is 27.5 Å². The largest absolute Gasteiger partial charge is 0.352 e. The zero-order chi connectivity index (χ0) is 19.3. The van der Waals surface area contributed by atoms with Crippen molar-refractivity contribution in [2.75, 3.05) is 6.54 Å². The molecule has 5 nitrogen and oxygen atoms in total. The fourth-order valence-electron chi connectivity index (χ4n) is 3.32. The lowest BCUT2D eigenvalue weighted by Crippen LogP contribution is -2.45. The summed E-state index contributed by atoms with van der Waals surface area (Å²) in [4.78, 5) is 12.6. The molecule has 1 aliphatic heterocycles. The molecule has 1 N–H and O–H groups in total. The molecular formula is C20H23ClN2O3S. The van der Waals surface area contributed by atoms with E-state index in [2.05, 4.69) is 5.32 Å². The van der Waals surface area contributed by atoms with E-state index in [1.54, 1.807) is 12.1 Å². The van der Waals surface area contributed by atoms with Crippen LogP contribution in [0, 0.1) is 0 Å². The van der Waals surface area contributed by atoms with Crippen LogP contribution in [0.1, 0.15) is 31.2 Å². The number of sulfonamides is 1. The molecule has 0 saturated carbocycles. The minimum Gasteiger partial charge on any atom is -0.352 e. The van der Waals surface area contributed by atoms with E-state index in [1.165, 1.54) is 16.4 Å². The molecule has 1 heterocycles. The van der Waals surface area contributed by atoms with E-state index < -0.39 is 10.0 Å². The predicted molar refractivity (Wildman–Crippen MR) is 106 cm³/mol. The van der Waals surface area contributed by atoms with Crippen molar-refractivity contribution in [2.45, 2.75) is 43.2 Å². The zero-order valence-corrected chi connectivity index (χ0v) is 16.5. The van der Waals surface area contributed by atoms with Gasteiger partial charge in [-0.05, 0) is 42.7 Å². The fourth-order valence-corrected chi connectivity index (χ4v) is 5.14. The summed E-state index contributed by atoms with van der Waals surface area (Å²) >= 11 is 5.87. The molecule has 0 bridgehead atoms. The number of hydrogen-bond acceptors (Lipinski definition) is 3. The Morgan fingerprint density at radius 2 is 1.78 bits per heavy atom. The number of benzene rings is 2. The molecule has 2 aromatic carbocycles. The Morgan fingerprint density at radius 3 is 2.48 bits per heavy atom. The van der Waals surface area contributed by atoms with Crippen LogP contribution in [-0.2, 0) is 21.4 Å². The smallest absolute Gasteiger partial charge is 0.243 e. The van der Waals surface area contributed by atoms with Crippen molar-refractivity contribution in [1.82, 2.24) is 9.62 Å². The summed E-state index contributed by atoms with van der Waals surface area (Å²) < 4.78 is 27.5. The number of nitrogens with zero attached hydrogens (tertiary/aromatic N) is 1. The van der Waals surface area contributed by atoms with Gasteiger partial charge in [0.15, 0.2) is 0 Å². The highest BCUT2D eigenvalue weighted by molar-refractivity contribution is 7.89. The average Bonchev–Trinajstić information content (AvgIpc) is 2.68. The second-order valence-electron chi connectivity index (χ2n) is 6.69. The number of carbonyl (C=O) groups excluding carboxylic acids is 1. The maximum absolute atomic E-state index is 13.0. The number of halogens is 1. The van der Waals surface area contributed by atoms with Crippen LogP contribution < -0.4 is 5.32 Å².